The first-order chi connectivity index (χ1) is 8.31. The summed E-state index contributed by atoms with van der Waals surface area (Å²) in [4.78, 5) is 15.7. The number of carbonyl (C=O) groups is 1. The molecule has 1 unspecified atom stereocenters. The number of carbonyl (C=O) groups excluding carboxylic acids is 1. The van der Waals surface area contributed by atoms with Crippen molar-refractivity contribution in [3.63, 3.8) is 0 Å². The van der Waals surface area contributed by atoms with Gasteiger partial charge >= 0.3 is 5.97 Å². The van der Waals surface area contributed by atoms with Gasteiger partial charge in [-0.25, -0.2) is 9.78 Å². The molecule has 0 amide bonds. The fraction of sp³-hybridized carbons (Fsp3) is 0.500. The molecule has 2 N–H and O–H groups in total. The zero-order valence-electron chi connectivity index (χ0n) is 9.90. The second-order valence-electron chi connectivity index (χ2n) is 4.07. The molecule has 2 heterocycles. The molecule has 1 aromatic heterocycles. The Bertz CT molecular complexity index is 389. The molecule has 5 nitrogen and oxygen atoms in total. The lowest BCUT2D eigenvalue weighted by Crippen LogP contribution is -2.30. The van der Waals surface area contributed by atoms with Crippen LogP contribution in [0.5, 0.6) is 0 Å². The largest absolute Gasteiger partial charge is 0.465 e. The van der Waals surface area contributed by atoms with E-state index in [0.717, 1.165) is 19.5 Å². The molecule has 0 aromatic carbocycles. The number of aromatic nitrogens is 1. The van der Waals surface area contributed by atoms with E-state index in [1.165, 1.54) is 13.5 Å². The molecule has 0 radical (unpaired) electrons. The Kier molecular flexibility index (Phi) is 3.93. The number of esters is 1. The fourth-order valence-corrected chi connectivity index (χ4v) is 1.97. The number of pyridine rings is 1. The Morgan fingerprint density at radius 1 is 1.71 bits per heavy atom. The average molecular weight is 235 g/mol. The van der Waals surface area contributed by atoms with Crippen LogP contribution in [0, 0.1) is 0 Å². The number of hydrogen-bond acceptors (Lipinski definition) is 5. The molecule has 1 aliphatic heterocycles. The number of hydrogen-bond donors (Lipinski definition) is 2. The molecule has 1 saturated heterocycles. The van der Waals surface area contributed by atoms with Gasteiger partial charge in [-0.1, -0.05) is 0 Å². The summed E-state index contributed by atoms with van der Waals surface area (Å²) < 4.78 is 4.71. The summed E-state index contributed by atoms with van der Waals surface area (Å²) in [6, 6.07) is 3.90. The van der Waals surface area contributed by atoms with E-state index in [2.05, 4.69) is 15.6 Å². The third kappa shape index (κ3) is 2.94. The van der Waals surface area contributed by atoms with Crippen LogP contribution in [0.3, 0.4) is 0 Å². The van der Waals surface area contributed by atoms with E-state index in [0.29, 0.717) is 17.4 Å². The van der Waals surface area contributed by atoms with Gasteiger partial charge in [0.05, 0.1) is 7.11 Å². The SMILES string of the molecule is COC(=O)c1cccnc1NCC1CCCN1. The Balaban J connectivity index is 2.01. The number of anilines is 1. The first-order valence-electron chi connectivity index (χ1n) is 5.82. The van der Waals surface area contributed by atoms with Crippen molar-refractivity contribution < 1.29 is 9.53 Å². The van der Waals surface area contributed by atoms with Gasteiger partial charge in [0.1, 0.15) is 11.4 Å². The van der Waals surface area contributed by atoms with Crippen molar-refractivity contribution in [1.82, 2.24) is 10.3 Å². The quantitative estimate of drug-likeness (QED) is 0.763. The van der Waals surface area contributed by atoms with Crippen LogP contribution in [0.1, 0.15) is 23.2 Å². The van der Waals surface area contributed by atoms with E-state index in [-0.39, 0.29) is 5.97 Å². The number of methoxy groups -OCH3 is 1. The summed E-state index contributed by atoms with van der Waals surface area (Å²) in [7, 11) is 1.37. The van der Waals surface area contributed by atoms with Crippen molar-refractivity contribution in [2.45, 2.75) is 18.9 Å². The van der Waals surface area contributed by atoms with E-state index in [1.54, 1.807) is 18.3 Å². The van der Waals surface area contributed by atoms with Crippen LogP contribution >= 0.6 is 0 Å². The Morgan fingerprint density at radius 3 is 3.29 bits per heavy atom. The third-order valence-electron chi connectivity index (χ3n) is 2.89. The highest BCUT2D eigenvalue weighted by Gasteiger charge is 2.16. The van der Waals surface area contributed by atoms with Crippen LogP contribution in [-0.2, 0) is 4.74 Å². The zero-order valence-corrected chi connectivity index (χ0v) is 9.90. The van der Waals surface area contributed by atoms with Crippen LogP contribution in [0.25, 0.3) is 0 Å². The molecule has 0 bridgehead atoms. The van der Waals surface area contributed by atoms with Crippen molar-refractivity contribution in [2.75, 3.05) is 25.5 Å². The lowest BCUT2D eigenvalue weighted by Gasteiger charge is -2.13. The topological polar surface area (TPSA) is 63.2 Å². The highest BCUT2D eigenvalue weighted by molar-refractivity contribution is 5.94. The van der Waals surface area contributed by atoms with E-state index in [9.17, 15) is 4.79 Å². The van der Waals surface area contributed by atoms with Gasteiger partial charge in [-0.2, -0.15) is 0 Å². The van der Waals surface area contributed by atoms with Gasteiger partial charge in [-0.15, -0.1) is 0 Å². The van der Waals surface area contributed by atoms with Crippen molar-refractivity contribution in [1.29, 1.82) is 0 Å². The lowest BCUT2D eigenvalue weighted by molar-refractivity contribution is 0.0601. The van der Waals surface area contributed by atoms with Crippen LogP contribution in [0.2, 0.25) is 0 Å². The maximum atomic E-state index is 11.5. The molecule has 2 rings (SSSR count). The van der Waals surface area contributed by atoms with Gasteiger partial charge in [-0.05, 0) is 31.5 Å². The molecule has 0 spiro atoms. The molecule has 0 saturated carbocycles. The number of ether oxygens (including phenoxy) is 1. The number of rotatable bonds is 4. The van der Waals surface area contributed by atoms with Crippen molar-refractivity contribution in [3.05, 3.63) is 23.9 Å². The monoisotopic (exact) mass is 235 g/mol. The Labute approximate surface area is 101 Å². The summed E-state index contributed by atoms with van der Waals surface area (Å²) >= 11 is 0. The summed E-state index contributed by atoms with van der Waals surface area (Å²) in [6.07, 6.45) is 4.03. The molecule has 1 aliphatic rings. The summed E-state index contributed by atoms with van der Waals surface area (Å²) in [5.41, 5.74) is 0.480. The van der Waals surface area contributed by atoms with Gasteiger partial charge in [0.2, 0.25) is 0 Å². The molecule has 1 atom stereocenters. The van der Waals surface area contributed by atoms with Gasteiger partial charge in [0.25, 0.3) is 0 Å². The predicted octanol–water partition coefficient (Wildman–Crippen LogP) is 1.03. The van der Waals surface area contributed by atoms with E-state index in [1.807, 2.05) is 0 Å². The standard InChI is InChI=1S/C12H17N3O2/c1-17-12(16)10-5-3-7-14-11(10)15-8-9-4-2-6-13-9/h3,5,7,9,13H,2,4,6,8H2,1H3,(H,14,15). The first kappa shape index (κ1) is 11.9. The molecule has 1 fully saturated rings. The summed E-state index contributed by atoms with van der Waals surface area (Å²) in [5, 5.41) is 6.58. The van der Waals surface area contributed by atoms with Crippen LogP contribution in [-0.4, -0.2) is 37.2 Å². The van der Waals surface area contributed by atoms with Crippen LogP contribution in [0.15, 0.2) is 18.3 Å². The normalized spacial score (nSPS) is 19.0. The molecule has 0 aliphatic carbocycles. The second-order valence-corrected chi connectivity index (χ2v) is 4.07. The molecular weight excluding hydrogens is 218 g/mol. The molecular formula is C12H17N3O2. The molecule has 5 heteroatoms. The minimum atomic E-state index is -0.361. The van der Waals surface area contributed by atoms with E-state index >= 15 is 0 Å². The highest BCUT2D eigenvalue weighted by Crippen LogP contribution is 2.13. The fourth-order valence-electron chi connectivity index (χ4n) is 1.97. The van der Waals surface area contributed by atoms with E-state index < -0.39 is 0 Å². The molecule has 1 aromatic rings. The summed E-state index contributed by atoms with van der Waals surface area (Å²) in [6.45, 7) is 1.85. The average Bonchev–Trinajstić information content (AvgIpc) is 2.89. The highest BCUT2D eigenvalue weighted by atomic mass is 16.5. The van der Waals surface area contributed by atoms with Crippen molar-refractivity contribution in [2.24, 2.45) is 0 Å². The first-order valence-corrected chi connectivity index (χ1v) is 5.82. The number of nitrogens with zero attached hydrogens (tertiary/aromatic N) is 1. The van der Waals surface area contributed by atoms with E-state index in [4.69, 9.17) is 4.74 Å². The Hall–Kier alpha value is -1.62. The number of nitrogens with one attached hydrogen (secondary N) is 2. The van der Waals surface area contributed by atoms with Gasteiger partial charge < -0.3 is 15.4 Å². The maximum Gasteiger partial charge on any atom is 0.341 e. The predicted molar refractivity (Wildman–Crippen MR) is 65.1 cm³/mol. The van der Waals surface area contributed by atoms with Crippen molar-refractivity contribution in [3.8, 4) is 0 Å². The minimum absolute atomic E-state index is 0.361. The van der Waals surface area contributed by atoms with Gasteiger partial charge in [-0.3, -0.25) is 0 Å². The van der Waals surface area contributed by atoms with Crippen LogP contribution in [0.4, 0.5) is 5.82 Å². The Morgan fingerprint density at radius 2 is 2.59 bits per heavy atom. The molecule has 92 valence electrons. The molecule has 17 heavy (non-hydrogen) atoms. The maximum absolute atomic E-state index is 11.5. The van der Waals surface area contributed by atoms with Gasteiger partial charge in [0.15, 0.2) is 0 Å². The third-order valence-corrected chi connectivity index (χ3v) is 2.89. The van der Waals surface area contributed by atoms with Crippen molar-refractivity contribution >= 4 is 11.8 Å². The zero-order chi connectivity index (χ0) is 12.1. The smallest absolute Gasteiger partial charge is 0.341 e. The second kappa shape index (κ2) is 5.63. The lowest BCUT2D eigenvalue weighted by atomic mass is 10.2. The minimum Gasteiger partial charge on any atom is -0.465 e. The summed E-state index contributed by atoms with van der Waals surface area (Å²) in [5.74, 6) is 0.230. The van der Waals surface area contributed by atoms with Gasteiger partial charge in [0, 0.05) is 18.8 Å². The van der Waals surface area contributed by atoms with Crippen LogP contribution < -0.4 is 10.6 Å².